The van der Waals surface area contributed by atoms with Gasteiger partial charge in [0.1, 0.15) is 0 Å². The van der Waals surface area contributed by atoms with Crippen LogP contribution in [0.4, 0.5) is 10.8 Å². The number of aromatic nitrogens is 1. The highest BCUT2D eigenvalue weighted by Gasteiger charge is 2.18. The van der Waals surface area contributed by atoms with Crippen LogP contribution in [0.3, 0.4) is 0 Å². The number of carbonyl (C=O) groups excluding carboxylic acids is 2. The van der Waals surface area contributed by atoms with E-state index in [0.29, 0.717) is 24.1 Å². The Hall–Kier alpha value is -3.24. The molecule has 0 atom stereocenters. The molecule has 2 aromatic carbocycles. The number of amides is 2. The summed E-state index contributed by atoms with van der Waals surface area (Å²) in [5.74, 6) is -0.152. The first-order valence-corrected chi connectivity index (χ1v) is 13.0. The second-order valence-electron chi connectivity index (χ2n) is 7.71. The third-order valence-corrected chi connectivity index (χ3v) is 7.55. The predicted octanol–water partition coefficient (Wildman–Crippen LogP) is 3.75. The normalized spacial score (nSPS) is 13.6. The topological polar surface area (TPSA) is 108 Å². The van der Waals surface area contributed by atoms with Crippen LogP contribution < -0.4 is 10.0 Å². The molecule has 8 nitrogen and oxygen atoms in total. The summed E-state index contributed by atoms with van der Waals surface area (Å²) in [4.78, 5) is 30.6. The van der Waals surface area contributed by atoms with Crippen LogP contribution in [0.25, 0.3) is 0 Å². The van der Waals surface area contributed by atoms with Crippen molar-refractivity contribution in [3.63, 3.8) is 0 Å². The average Bonchev–Trinajstić information content (AvgIpc) is 3.53. The Bertz CT molecular complexity index is 1200. The van der Waals surface area contributed by atoms with E-state index in [1.807, 2.05) is 17.0 Å². The highest BCUT2D eigenvalue weighted by Crippen LogP contribution is 2.19. The lowest BCUT2D eigenvalue weighted by Crippen LogP contribution is -2.27. The largest absolute Gasteiger partial charge is 0.343 e. The number of nitrogens with zero attached hydrogens (tertiary/aromatic N) is 2. The Morgan fingerprint density at radius 2 is 1.70 bits per heavy atom. The number of hydrogen-bond donors (Lipinski definition) is 2. The predicted molar refractivity (Wildman–Crippen MR) is 128 cm³/mol. The molecule has 1 aromatic heterocycles. The van der Waals surface area contributed by atoms with Gasteiger partial charge in [-0.3, -0.25) is 14.3 Å². The lowest BCUT2D eigenvalue weighted by molar-refractivity contribution is -0.130. The number of aryl methyl sites for hydroxylation is 1. The molecular weight excluding hydrogens is 460 g/mol. The molecular formula is C23H24N4O4S2. The molecule has 4 rings (SSSR count). The minimum absolute atomic E-state index is 0.0436. The molecule has 0 bridgehead atoms. The van der Waals surface area contributed by atoms with E-state index < -0.39 is 10.0 Å². The van der Waals surface area contributed by atoms with Gasteiger partial charge in [-0.05, 0) is 61.2 Å². The number of hydrogen-bond acceptors (Lipinski definition) is 6. The Kier molecular flexibility index (Phi) is 7.05. The molecule has 2 heterocycles. The Morgan fingerprint density at radius 3 is 2.33 bits per heavy atom. The lowest BCUT2D eigenvalue weighted by atomic mass is 10.1. The van der Waals surface area contributed by atoms with Crippen LogP contribution in [0.2, 0.25) is 0 Å². The van der Waals surface area contributed by atoms with E-state index in [1.54, 1.807) is 17.5 Å². The summed E-state index contributed by atoms with van der Waals surface area (Å²) in [6.45, 7) is 1.72. The number of nitrogens with one attached hydrogen (secondary N) is 2. The van der Waals surface area contributed by atoms with Crippen LogP contribution in [-0.2, 0) is 21.2 Å². The van der Waals surface area contributed by atoms with E-state index >= 15 is 0 Å². The molecule has 0 radical (unpaired) electrons. The average molecular weight is 485 g/mol. The molecule has 172 valence electrons. The maximum Gasteiger partial charge on any atom is 0.263 e. The van der Waals surface area contributed by atoms with Crippen molar-refractivity contribution in [1.29, 1.82) is 0 Å². The van der Waals surface area contributed by atoms with E-state index in [0.717, 1.165) is 31.5 Å². The fourth-order valence-corrected chi connectivity index (χ4v) is 5.36. The standard InChI is InChI=1S/C23H24N4O4S2/c28-21(27-14-1-2-15-27)12-5-17-3-8-19(9-4-17)25-22(29)18-6-10-20(11-7-18)33(30,31)26-23-24-13-16-32-23/h3-4,6-11,13,16H,1-2,5,12,14-15H2,(H,24,26)(H,25,29). The SMILES string of the molecule is O=C(Nc1ccc(CCC(=O)N2CCCC2)cc1)c1ccc(S(=O)(=O)Nc2nccs2)cc1. The van der Waals surface area contributed by atoms with Crippen LogP contribution in [-0.4, -0.2) is 43.2 Å². The summed E-state index contributed by atoms with van der Waals surface area (Å²) in [6.07, 6.45) is 4.83. The number of thiazole rings is 1. The zero-order valence-electron chi connectivity index (χ0n) is 17.9. The van der Waals surface area contributed by atoms with Gasteiger partial charge >= 0.3 is 0 Å². The van der Waals surface area contributed by atoms with Gasteiger partial charge in [-0.1, -0.05) is 12.1 Å². The summed E-state index contributed by atoms with van der Waals surface area (Å²) in [5.41, 5.74) is 1.99. The first-order chi connectivity index (χ1) is 15.9. The van der Waals surface area contributed by atoms with Crippen LogP contribution in [0.1, 0.15) is 35.2 Å². The van der Waals surface area contributed by atoms with E-state index in [1.165, 1.54) is 41.8 Å². The van der Waals surface area contributed by atoms with Gasteiger partial charge < -0.3 is 10.2 Å². The third kappa shape index (κ3) is 5.96. The van der Waals surface area contributed by atoms with Crippen LogP contribution >= 0.6 is 11.3 Å². The van der Waals surface area contributed by atoms with E-state index in [2.05, 4.69) is 15.0 Å². The van der Waals surface area contributed by atoms with Crippen LogP contribution in [0, 0.1) is 0 Å². The van der Waals surface area contributed by atoms with Gasteiger partial charge in [-0.25, -0.2) is 13.4 Å². The monoisotopic (exact) mass is 484 g/mol. The van der Waals surface area contributed by atoms with E-state index in [4.69, 9.17) is 0 Å². The third-order valence-electron chi connectivity index (χ3n) is 5.38. The molecule has 0 unspecified atom stereocenters. The summed E-state index contributed by atoms with van der Waals surface area (Å²) in [5, 5.41) is 4.75. The smallest absolute Gasteiger partial charge is 0.263 e. The minimum atomic E-state index is -3.77. The molecule has 0 saturated carbocycles. The molecule has 1 saturated heterocycles. The quantitative estimate of drug-likeness (QED) is 0.506. The number of anilines is 2. The summed E-state index contributed by atoms with van der Waals surface area (Å²) < 4.78 is 27.2. The van der Waals surface area contributed by atoms with Gasteiger partial charge in [0, 0.05) is 42.3 Å². The highest BCUT2D eigenvalue weighted by molar-refractivity contribution is 7.93. The molecule has 1 aliphatic rings. The Morgan fingerprint density at radius 1 is 1.00 bits per heavy atom. The zero-order chi connectivity index (χ0) is 23.3. The van der Waals surface area contributed by atoms with E-state index in [9.17, 15) is 18.0 Å². The van der Waals surface area contributed by atoms with Gasteiger partial charge in [-0.15, -0.1) is 11.3 Å². The first-order valence-electron chi connectivity index (χ1n) is 10.6. The fourth-order valence-electron chi connectivity index (χ4n) is 3.57. The second-order valence-corrected chi connectivity index (χ2v) is 10.3. The molecule has 2 amide bonds. The number of sulfonamides is 1. The van der Waals surface area contributed by atoms with Crippen LogP contribution in [0.5, 0.6) is 0 Å². The van der Waals surface area contributed by atoms with Crippen molar-refractivity contribution in [2.45, 2.75) is 30.6 Å². The Balaban J connectivity index is 1.31. The maximum atomic E-state index is 12.5. The van der Waals surface area contributed by atoms with Crippen molar-refractivity contribution in [1.82, 2.24) is 9.88 Å². The highest BCUT2D eigenvalue weighted by atomic mass is 32.2. The molecule has 33 heavy (non-hydrogen) atoms. The van der Waals surface area contributed by atoms with E-state index in [-0.39, 0.29) is 21.8 Å². The van der Waals surface area contributed by atoms with Gasteiger partial charge in [-0.2, -0.15) is 0 Å². The molecule has 0 aliphatic carbocycles. The molecule has 10 heteroatoms. The molecule has 3 aromatic rings. The number of carbonyl (C=O) groups is 2. The molecule has 0 spiro atoms. The maximum absolute atomic E-state index is 12.5. The van der Waals surface area contributed by atoms with Gasteiger partial charge in [0.25, 0.3) is 15.9 Å². The number of likely N-dealkylation sites (tertiary alicyclic amines) is 1. The summed E-state index contributed by atoms with van der Waals surface area (Å²) in [6, 6.07) is 13.1. The van der Waals surface area contributed by atoms with Gasteiger partial charge in [0.15, 0.2) is 5.13 Å². The van der Waals surface area contributed by atoms with Crippen molar-refractivity contribution in [2.75, 3.05) is 23.1 Å². The summed E-state index contributed by atoms with van der Waals surface area (Å²) >= 11 is 1.18. The molecule has 1 fully saturated rings. The molecule has 1 aliphatic heterocycles. The van der Waals surface area contributed by atoms with Gasteiger partial charge in [0.2, 0.25) is 5.91 Å². The second kappa shape index (κ2) is 10.1. The lowest BCUT2D eigenvalue weighted by Gasteiger charge is -2.15. The first kappa shape index (κ1) is 22.9. The van der Waals surface area contributed by atoms with Crippen molar-refractivity contribution in [3.05, 3.63) is 71.2 Å². The fraction of sp³-hybridized carbons (Fsp3) is 0.261. The van der Waals surface area contributed by atoms with Crippen molar-refractivity contribution in [3.8, 4) is 0 Å². The Labute approximate surface area is 196 Å². The van der Waals surface area contributed by atoms with Crippen molar-refractivity contribution < 1.29 is 18.0 Å². The summed E-state index contributed by atoms with van der Waals surface area (Å²) in [7, 11) is -3.77. The van der Waals surface area contributed by atoms with Crippen molar-refractivity contribution in [2.24, 2.45) is 0 Å². The van der Waals surface area contributed by atoms with Crippen molar-refractivity contribution >= 4 is 44.0 Å². The molecule has 2 N–H and O–H groups in total. The van der Waals surface area contributed by atoms with Crippen LogP contribution in [0.15, 0.2) is 65.0 Å². The minimum Gasteiger partial charge on any atom is -0.343 e. The number of benzene rings is 2. The number of rotatable bonds is 8. The van der Waals surface area contributed by atoms with Gasteiger partial charge in [0.05, 0.1) is 4.90 Å². The zero-order valence-corrected chi connectivity index (χ0v) is 19.5.